The Balaban J connectivity index is 0.000000187. The van der Waals surface area contributed by atoms with Crippen molar-refractivity contribution in [3.63, 3.8) is 0 Å². The number of ketones is 2. The second kappa shape index (κ2) is 18.3. The highest BCUT2D eigenvalue weighted by Gasteiger charge is 2.67. The van der Waals surface area contributed by atoms with Gasteiger partial charge in [-0.15, -0.1) is 0 Å². The molecule has 0 aromatic heterocycles. The van der Waals surface area contributed by atoms with E-state index in [0.717, 1.165) is 96.3 Å². The maximum atomic E-state index is 14.0. The first-order chi connectivity index (χ1) is 29.5. The van der Waals surface area contributed by atoms with Gasteiger partial charge in [-0.3, -0.25) is 24.0 Å². The standard InChI is InChI=1S/C27H42O5.C26H39NO3/c1-5-18-22-14-17(32-15-28)10-12-27(22,4)21-11-13-26(3)19(16(2)6-9-23(29)30)7-8-20(26)24(21)25(18)31;1-5-18-22-14-17(30-15-28)8-11-26(22,4)21-9-12-25(3)19(16(2)10-13-27)6-7-20(25)23(21)24(18)29/h15-22,24H,5-14H2,1-4H3,(H,29,30);15-23H,5-12,14H2,1-4H3/t16-,17-,18-,19-,20?,21?,22?,24?,26-,27-;16-,17-,18-,19-,20?,21?,22?,23?,25-,26-/m11/s1. The van der Waals surface area contributed by atoms with E-state index in [9.17, 15) is 29.2 Å². The Labute approximate surface area is 373 Å². The molecule has 8 saturated carbocycles. The molecular formula is C53H81NO8. The number of rotatable bonds is 12. The second-order valence-corrected chi connectivity index (χ2v) is 23.5. The molecule has 8 aliphatic rings. The molecule has 0 saturated heterocycles. The third-order valence-electron chi connectivity index (χ3n) is 21.5. The summed E-state index contributed by atoms with van der Waals surface area (Å²) in [4.78, 5) is 61.1. The molecule has 0 aromatic rings. The number of ether oxygens (including phenoxy) is 2. The molecule has 62 heavy (non-hydrogen) atoms. The molecule has 20 atom stereocenters. The molecule has 8 fully saturated rings. The van der Waals surface area contributed by atoms with Gasteiger partial charge in [0.05, 0.1) is 6.07 Å². The summed E-state index contributed by atoms with van der Waals surface area (Å²) in [6.45, 7) is 19.7. The summed E-state index contributed by atoms with van der Waals surface area (Å²) in [5.41, 5.74) is 0.677. The van der Waals surface area contributed by atoms with Crippen LogP contribution >= 0.6 is 0 Å². The van der Waals surface area contributed by atoms with E-state index in [2.05, 4.69) is 61.5 Å². The fourth-order valence-corrected chi connectivity index (χ4v) is 18.4. The summed E-state index contributed by atoms with van der Waals surface area (Å²) in [6, 6.07) is 2.39. The van der Waals surface area contributed by atoms with Gasteiger partial charge in [0.1, 0.15) is 23.8 Å². The third kappa shape index (κ3) is 7.71. The van der Waals surface area contributed by atoms with Gasteiger partial charge in [0.15, 0.2) is 0 Å². The number of nitriles is 1. The van der Waals surface area contributed by atoms with E-state index in [1.165, 1.54) is 12.8 Å². The van der Waals surface area contributed by atoms with Crippen molar-refractivity contribution in [1.82, 2.24) is 0 Å². The van der Waals surface area contributed by atoms with Crippen molar-refractivity contribution < 1.29 is 38.6 Å². The fourth-order valence-electron chi connectivity index (χ4n) is 18.4. The van der Waals surface area contributed by atoms with Gasteiger partial charge in [-0.1, -0.05) is 55.4 Å². The Morgan fingerprint density at radius 3 is 1.45 bits per heavy atom. The highest BCUT2D eigenvalue weighted by molar-refractivity contribution is 5.86. The van der Waals surface area contributed by atoms with Crippen molar-refractivity contribution in [2.24, 2.45) is 105 Å². The van der Waals surface area contributed by atoms with Crippen LogP contribution in [0, 0.1) is 116 Å². The first-order valence-electron chi connectivity index (χ1n) is 25.3. The molecule has 0 bridgehead atoms. The van der Waals surface area contributed by atoms with Crippen molar-refractivity contribution >= 4 is 30.5 Å². The molecule has 0 amide bonds. The Hall–Kier alpha value is -2.76. The predicted octanol–water partition coefficient (Wildman–Crippen LogP) is 11.1. The number of Topliss-reactive ketones (excluding diaryl/α,β-unsaturated/α-hetero) is 2. The molecule has 8 aliphatic carbocycles. The van der Waals surface area contributed by atoms with Gasteiger partial charge in [0, 0.05) is 36.5 Å². The maximum absolute atomic E-state index is 14.0. The second-order valence-electron chi connectivity index (χ2n) is 23.5. The largest absolute Gasteiger partial charge is 0.481 e. The van der Waals surface area contributed by atoms with Crippen LogP contribution in [0.3, 0.4) is 0 Å². The third-order valence-corrected chi connectivity index (χ3v) is 21.5. The van der Waals surface area contributed by atoms with Crippen molar-refractivity contribution in [2.75, 3.05) is 0 Å². The molecule has 0 radical (unpaired) electrons. The monoisotopic (exact) mass is 860 g/mol. The lowest BCUT2D eigenvalue weighted by Gasteiger charge is -2.62. The molecule has 0 spiro atoms. The minimum atomic E-state index is -0.707. The van der Waals surface area contributed by atoms with Gasteiger partial charge in [-0.05, 0) is 190 Å². The SMILES string of the molecule is CC[C@H]1C(=O)C2C(CC[C@@]3(C)C2CC[C@@H]3[C@H](C)CC#N)[C@@]2(C)CC[C@@H](OC=O)CC12.CC[C@H]1C(=O)C2C(CC[C@@]3(C)C2CC[C@@H]3[C@H](C)CCC(=O)O)[C@@]2(C)CC[C@@H](OC=O)CC12. The smallest absolute Gasteiger partial charge is 0.303 e. The van der Waals surface area contributed by atoms with Crippen molar-refractivity contribution in [2.45, 2.75) is 190 Å². The lowest BCUT2D eigenvalue weighted by Crippen LogP contribution is -2.60. The van der Waals surface area contributed by atoms with Crippen molar-refractivity contribution in [1.29, 1.82) is 5.26 Å². The van der Waals surface area contributed by atoms with Gasteiger partial charge >= 0.3 is 5.97 Å². The first kappa shape index (κ1) is 47.2. The Bertz CT molecular complexity index is 1720. The Morgan fingerprint density at radius 2 is 1.06 bits per heavy atom. The van der Waals surface area contributed by atoms with Gasteiger partial charge in [0.25, 0.3) is 12.9 Å². The molecule has 0 heterocycles. The normalized spacial score (nSPS) is 47.5. The average molecular weight is 860 g/mol. The van der Waals surface area contributed by atoms with E-state index in [-0.39, 0.29) is 64.0 Å². The minimum Gasteiger partial charge on any atom is -0.481 e. The Kier molecular flexibility index (Phi) is 13.9. The van der Waals surface area contributed by atoms with Crippen LogP contribution in [0.15, 0.2) is 0 Å². The number of carbonyl (C=O) groups is 5. The zero-order valence-corrected chi connectivity index (χ0v) is 39.6. The summed E-state index contributed by atoms with van der Waals surface area (Å²) in [6.07, 6.45) is 18.1. The quantitative estimate of drug-likeness (QED) is 0.189. The predicted molar refractivity (Wildman–Crippen MR) is 237 cm³/mol. The van der Waals surface area contributed by atoms with Gasteiger partial charge in [-0.25, -0.2) is 0 Å². The number of hydrogen-bond donors (Lipinski definition) is 1. The number of fused-ring (bicyclic) bond motifs is 10. The highest BCUT2D eigenvalue weighted by atomic mass is 16.5. The molecule has 346 valence electrons. The Morgan fingerprint density at radius 1 is 0.661 bits per heavy atom. The molecule has 0 aliphatic heterocycles. The maximum Gasteiger partial charge on any atom is 0.303 e. The van der Waals surface area contributed by atoms with Crippen molar-refractivity contribution in [3.05, 3.63) is 0 Å². The van der Waals surface area contributed by atoms with E-state index < -0.39 is 5.97 Å². The zero-order valence-electron chi connectivity index (χ0n) is 39.6. The van der Waals surface area contributed by atoms with E-state index in [4.69, 9.17) is 14.6 Å². The molecule has 9 nitrogen and oxygen atoms in total. The van der Waals surface area contributed by atoms with Crippen LogP contribution in [0.5, 0.6) is 0 Å². The van der Waals surface area contributed by atoms with Gasteiger partial charge in [0.2, 0.25) is 0 Å². The zero-order chi connectivity index (χ0) is 44.9. The minimum absolute atomic E-state index is 0.0180. The highest BCUT2D eigenvalue weighted by Crippen LogP contribution is 2.70. The van der Waals surface area contributed by atoms with Crippen LogP contribution in [0.1, 0.15) is 177 Å². The van der Waals surface area contributed by atoms with Gasteiger partial charge < -0.3 is 14.6 Å². The van der Waals surface area contributed by atoms with Crippen LogP contribution in [-0.4, -0.2) is 47.8 Å². The van der Waals surface area contributed by atoms with Crippen LogP contribution < -0.4 is 0 Å². The van der Waals surface area contributed by atoms with Gasteiger partial charge in [-0.2, -0.15) is 5.26 Å². The van der Waals surface area contributed by atoms with E-state index in [1.54, 1.807) is 0 Å². The topological polar surface area (TPSA) is 148 Å². The number of aliphatic carboxylic acids is 1. The van der Waals surface area contributed by atoms with Crippen LogP contribution in [0.4, 0.5) is 0 Å². The van der Waals surface area contributed by atoms with E-state index in [1.807, 2.05) is 0 Å². The van der Waals surface area contributed by atoms with Crippen molar-refractivity contribution in [3.8, 4) is 6.07 Å². The average Bonchev–Trinajstić information content (AvgIpc) is 3.78. The van der Waals surface area contributed by atoms with E-state index >= 15 is 0 Å². The number of nitrogens with zero attached hydrogens (tertiary/aromatic N) is 1. The summed E-state index contributed by atoms with van der Waals surface area (Å²) < 4.78 is 10.7. The molecule has 9 heteroatoms. The number of carbonyl (C=O) groups excluding carboxylic acids is 4. The molecule has 1 N–H and O–H groups in total. The summed E-state index contributed by atoms with van der Waals surface area (Å²) in [5.74, 6) is 5.18. The molecular weight excluding hydrogens is 779 g/mol. The number of carboxylic acids is 1. The summed E-state index contributed by atoms with van der Waals surface area (Å²) >= 11 is 0. The first-order valence-corrected chi connectivity index (χ1v) is 25.3. The van der Waals surface area contributed by atoms with Crippen LogP contribution in [0.2, 0.25) is 0 Å². The molecule has 8 unspecified atom stereocenters. The lowest BCUT2D eigenvalue weighted by atomic mass is 9.42. The molecule has 0 aromatic carbocycles. The summed E-state index contributed by atoms with van der Waals surface area (Å²) in [7, 11) is 0. The van der Waals surface area contributed by atoms with Crippen LogP contribution in [0.25, 0.3) is 0 Å². The van der Waals surface area contributed by atoms with Crippen LogP contribution in [-0.2, 0) is 33.4 Å². The van der Waals surface area contributed by atoms with E-state index in [0.29, 0.717) is 90.1 Å². The number of hydrogen-bond acceptors (Lipinski definition) is 8. The molecule has 8 rings (SSSR count). The lowest BCUT2D eigenvalue weighted by molar-refractivity contribution is -0.176. The summed E-state index contributed by atoms with van der Waals surface area (Å²) in [5, 5.41) is 18.4. The fraction of sp³-hybridized carbons (Fsp3) is 0.887. The number of carboxylic acid groups (broad SMARTS) is 1.